The third kappa shape index (κ3) is 1.42. The van der Waals surface area contributed by atoms with Gasteiger partial charge in [-0.25, -0.2) is 14.6 Å². The number of nitrogens with zero attached hydrogens (tertiary/aromatic N) is 5. The summed E-state index contributed by atoms with van der Waals surface area (Å²) in [5, 5.41) is 4.24. The Morgan fingerprint density at radius 3 is 2.94 bits per heavy atom. The molecule has 0 aliphatic carbocycles. The van der Waals surface area contributed by atoms with Crippen LogP contribution in [0, 0.1) is 6.92 Å². The quantitative estimate of drug-likeness (QED) is 0.684. The fourth-order valence-electron chi connectivity index (χ4n) is 1.57. The van der Waals surface area contributed by atoms with E-state index in [-0.39, 0.29) is 0 Å². The molecule has 0 aromatic carbocycles. The zero-order chi connectivity index (χ0) is 11.1. The van der Waals surface area contributed by atoms with Gasteiger partial charge in [-0.15, -0.1) is 0 Å². The van der Waals surface area contributed by atoms with Crippen molar-refractivity contribution in [2.24, 2.45) is 0 Å². The molecule has 3 aromatic rings. The average molecular weight is 278 g/mol. The molecule has 0 bridgehead atoms. The molecular weight excluding hydrogens is 270 g/mol. The maximum Gasteiger partial charge on any atom is 0.198 e. The smallest absolute Gasteiger partial charge is 0.198 e. The van der Waals surface area contributed by atoms with Gasteiger partial charge in [-0.3, -0.25) is 0 Å². The zero-order valence-corrected chi connectivity index (χ0v) is 10.1. The number of rotatable bonds is 1. The van der Waals surface area contributed by atoms with Gasteiger partial charge >= 0.3 is 0 Å². The van der Waals surface area contributed by atoms with E-state index in [2.05, 4.69) is 31.0 Å². The summed E-state index contributed by atoms with van der Waals surface area (Å²) in [6, 6.07) is 0. The van der Waals surface area contributed by atoms with Crippen molar-refractivity contribution in [3.05, 3.63) is 41.2 Å². The number of aryl methyl sites for hydroxylation is 1. The maximum absolute atomic E-state index is 4.39. The van der Waals surface area contributed by atoms with Gasteiger partial charge in [-0.2, -0.15) is 5.10 Å². The molecule has 0 atom stereocenters. The highest BCUT2D eigenvalue weighted by Crippen LogP contribution is 2.15. The summed E-state index contributed by atoms with van der Waals surface area (Å²) in [5.41, 5.74) is 1.87. The molecule has 3 heterocycles. The molecule has 0 aliphatic rings. The lowest BCUT2D eigenvalue weighted by molar-refractivity contribution is 0.836. The van der Waals surface area contributed by atoms with E-state index < -0.39 is 0 Å². The maximum atomic E-state index is 4.39. The van der Waals surface area contributed by atoms with Gasteiger partial charge in [0.1, 0.15) is 4.60 Å². The molecular formula is C10H8BrN5. The summed E-state index contributed by atoms with van der Waals surface area (Å²) < 4.78 is 4.38. The van der Waals surface area contributed by atoms with Crippen LogP contribution in [0.1, 0.15) is 5.56 Å². The van der Waals surface area contributed by atoms with Crippen molar-refractivity contribution in [2.45, 2.75) is 6.92 Å². The van der Waals surface area contributed by atoms with Crippen LogP contribution in [0.5, 0.6) is 0 Å². The van der Waals surface area contributed by atoms with Crippen molar-refractivity contribution >= 4 is 21.6 Å². The van der Waals surface area contributed by atoms with E-state index in [1.165, 1.54) is 0 Å². The Labute approximate surface area is 99.9 Å². The second-order valence-electron chi connectivity index (χ2n) is 3.51. The molecule has 0 fully saturated rings. The lowest BCUT2D eigenvalue weighted by Gasteiger charge is -2.03. The molecule has 0 unspecified atom stereocenters. The largest absolute Gasteiger partial charge is 0.301 e. The molecule has 0 radical (unpaired) electrons. The Hall–Kier alpha value is -1.69. The van der Waals surface area contributed by atoms with E-state index >= 15 is 0 Å². The standard InChI is InChI=1S/C10H8BrN5/c1-7-4-13-16(5-7)10-9-12-2-3-15(9)6-8(11)14-10/h2-6H,1H3. The summed E-state index contributed by atoms with van der Waals surface area (Å²) in [6.07, 6.45) is 9.19. The molecule has 0 spiro atoms. The first kappa shape index (κ1) is 9.53. The van der Waals surface area contributed by atoms with Crippen LogP contribution in [-0.4, -0.2) is 24.1 Å². The van der Waals surface area contributed by atoms with Gasteiger partial charge in [0.25, 0.3) is 0 Å². The number of halogens is 1. The molecule has 16 heavy (non-hydrogen) atoms. The van der Waals surface area contributed by atoms with Crippen LogP contribution in [0.3, 0.4) is 0 Å². The molecule has 0 N–H and O–H groups in total. The third-order valence-electron chi connectivity index (χ3n) is 2.26. The summed E-state index contributed by atoms with van der Waals surface area (Å²) in [4.78, 5) is 8.66. The van der Waals surface area contributed by atoms with Gasteiger partial charge in [-0.1, -0.05) is 0 Å². The van der Waals surface area contributed by atoms with E-state index in [0.29, 0.717) is 5.82 Å². The summed E-state index contributed by atoms with van der Waals surface area (Å²) in [6.45, 7) is 1.99. The lowest BCUT2D eigenvalue weighted by Crippen LogP contribution is -2.02. The third-order valence-corrected chi connectivity index (χ3v) is 2.64. The fraction of sp³-hybridized carbons (Fsp3) is 0.100. The van der Waals surface area contributed by atoms with Gasteiger partial charge in [0.15, 0.2) is 11.5 Å². The number of hydrogen-bond acceptors (Lipinski definition) is 3. The van der Waals surface area contributed by atoms with E-state index in [1.54, 1.807) is 17.1 Å². The summed E-state index contributed by atoms with van der Waals surface area (Å²) in [5.74, 6) is 0.715. The topological polar surface area (TPSA) is 48.0 Å². The highest BCUT2D eigenvalue weighted by Gasteiger charge is 2.08. The molecule has 0 saturated carbocycles. The first-order valence-electron chi connectivity index (χ1n) is 4.75. The number of imidazole rings is 1. The minimum absolute atomic E-state index is 0.715. The van der Waals surface area contributed by atoms with E-state index in [9.17, 15) is 0 Å². The summed E-state index contributed by atoms with van der Waals surface area (Å²) >= 11 is 3.37. The normalized spacial score (nSPS) is 11.1. The van der Waals surface area contributed by atoms with Gasteiger partial charge in [0, 0.05) is 24.8 Å². The SMILES string of the molecule is Cc1cnn(-c2nc(Br)cn3ccnc23)c1. The van der Waals surface area contributed by atoms with Gasteiger partial charge in [0.05, 0.1) is 6.20 Å². The Morgan fingerprint density at radius 1 is 1.31 bits per heavy atom. The zero-order valence-electron chi connectivity index (χ0n) is 8.50. The van der Waals surface area contributed by atoms with E-state index in [0.717, 1.165) is 15.8 Å². The number of fused-ring (bicyclic) bond motifs is 1. The molecule has 0 amide bonds. The predicted molar refractivity (Wildman–Crippen MR) is 62.5 cm³/mol. The number of hydrogen-bond donors (Lipinski definition) is 0. The second kappa shape index (κ2) is 3.41. The van der Waals surface area contributed by atoms with Crippen molar-refractivity contribution in [3.8, 4) is 5.82 Å². The van der Waals surface area contributed by atoms with Crippen molar-refractivity contribution in [1.82, 2.24) is 24.1 Å². The molecule has 6 heteroatoms. The van der Waals surface area contributed by atoms with Crippen LogP contribution in [-0.2, 0) is 0 Å². The van der Waals surface area contributed by atoms with Crippen molar-refractivity contribution in [1.29, 1.82) is 0 Å². The van der Waals surface area contributed by atoms with Crippen LogP contribution in [0.2, 0.25) is 0 Å². The first-order valence-corrected chi connectivity index (χ1v) is 5.54. The van der Waals surface area contributed by atoms with E-state index in [4.69, 9.17) is 0 Å². The Kier molecular flexibility index (Phi) is 2.03. The molecule has 3 aromatic heterocycles. The predicted octanol–water partition coefficient (Wildman–Crippen LogP) is 1.99. The molecule has 5 nitrogen and oxygen atoms in total. The average Bonchev–Trinajstić information content (AvgIpc) is 2.84. The van der Waals surface area contributed by atoms with Crippen molar-refractivity contribution in [2.75, 3.05) is 0 Å². The monoisotopic (exact) mass is 277 g/mol. The lowest BCUT2D eigenvalue weighted by atomic mass is 10.4. The first-order chi connectivity index (χ1) is 7.74. The molecule has 0 saturated heterocycles. The molecule has 3 rings (SSSR count). The van der Waals surface area contributed by atoms with Gasteiger partial charge in [0.2, 0.25) is 0 Å². The minimum Gasteiger partial charge on any atom is -0.301 e. The Bertz CT molecular complexity index is 654. The van der Waals surface area contributed by atoms with Crippen LogP contribution in [0.4, 0.5) is 0 Å². The van der Waals surface area contributed by atoms with Gasteiger partial charge < -0.3 is 4.40 Å². The second-order valence-corrected chi connectivity index (χ2v) is 4.32. The van der Waals surface area contributed by atoms with E-state index in [1.807, 2.05) is 29.9 Å². The highest BCUT2D eigenvalue weighted by atomic mass is 79.9. The minimum atomic E-state index is 0.715. The Morgan fingerprint density at radius 2 is 2.19 bits per heavy atom. The van der Waals surface area contributed by atoms with Crippen molar-refractivity contribution in [3.63, 3.8) is 0 Å². The summed E-state index contributed by atoms with van der Waals surface area (Å²) in [7, 11) is 0. The molecule has 80 valence electrons. The van der Waals surface area contributed by atoms with Crippen LogP contribution >= 0.6 is 15.9 Å². The highest BCUT2D eigenvalue weighted by molar-refractivity contribution is 9.10. The van der Waals surface area contributed by atoms with Gasteiger partial charge in [-0.05, 0) is 28.4 Å². The van der Waals surface area contributed by atoms with Crippen LogP contribution in [0.15, 0.2) is 35.6 Å². The van der Waals surface area contributed by atoms with Crippen molar-refractivity contribution < 1.29 is 0 Å². The fourth-order valence-corrected chi connectivity index (χ4v) is 1.96. The number of aromatic nitrogens is 5. The Balaban J connectivity index is 2.33. The molecule has 0 aliphatic heterocycles. The van der Waals surface area contributed by atoms with Crippen LogP contribution in [0.25, 0.3) is 11.5 Å². The van der Waals surface area contributed by atoms with Crippen LogP contribution < -0.4 is 0 Å².